The molecule has 33 heavy (non-hydrogen) atoms. The quantitative estimate of drug-likeness (QED) is 0.511. The molecule has 8 nitrogen and oxygen atoms in total. The average Bonchev–Trinajstić information content (AvgIpc) is 2.83. The number of carboxylic acids is 1. The zero-order valence-corrected chi connectivity index (χ0v) is 17.8. The van der Waals surface area contributed by atoms with Crippen LogP contribution in [-0.4, -0.2) is 56.4 Å². The van der Waals surface area contributed by atoms with Crippen LogP contribution in [0.2, 0.25) is 0 Å². The molecule has 1 aromatic heterocycles. The van der Waals surface area contributed by atoms with Gasteiger partial charge >= 0.3 is 5.97 Å². The van der Waals surface area contributed by atoms with Crippen LogP contribution in [0.1, 0.15) is 50.4 Å². The van der Waals surface area contributed by atoms with Gasteiger partial charge in [-0.15, -0.1) is 0 Å². The number of hydrogen-bond donors (Lipinski definition) is 3. The zero-order valence-electron chi connectivity index (χ0n) is 17.8. The Hall–Kier alpha value is -3.91. The standard InChI is InChI=1S/C25H24N2O6/c28-13-7-12-26-15-19(20(16-8-3-1-4-9-16)17-10-5-2-6-11-17)27-14-18(25(32)33)22(29)23(30)21(27)24(26)31/h1-6,8-11,14,19-20,28,30H,7,12-13,15H2,(H,32,33)/t19-/m1/s1. The summed E-state index contributed by atoms with van der Waals surface area (Å²) in [6, 6.07) is 18.7. The lowest BCUT2D eigenvalue weighted by Gasteiger charge is -2.40. The maximum atomic E-state index is 13.2. The summed E-state index contributed by atoms with van der Waals surface area (Å²) in [5.41, 5.74) is -0.0630. The third-order valence-electron chi connectivity index (χ3n) is 5.98. The van der Waals surface area contributed by atoms with Crippen LogP contribution in [0.4, 0.5) is 0 Å². The summed E-state index contributed by atoms with van der Waals surface area (Å²) in [6.45, 7) is 0.324. The third kappa shape index (κ3) is 4.12. The van der Waals surface area contributed by atoms with E-state index in [4.69, 9.17) is 0 Å². The van der Waals surface area contributed by atoms with Gasteiger partial charge in [-0.3, -0.25) is 9.59 Å². The van der Waals surface area contributed by atoms with Crippen molar-refractivity contribution in [1.82, 2.24) is 9.47 Å². The Labute approximate surface area is 190 Å². The fourth-order valence-electron chi connectivity index (χ4n) is 4.47. The minimum Gasteiger partial charge on any atom is -0.503 e. The highest BCUT2D eigenvalue weighted by molar-refractivity contribution is 5.97. The summed E-state index contributed by atoms with van der Waals surface area (Å²) in [7, 11) is 0. The van der Waals surface area contributed by atoms with Crippen molar-refractivity contribution in [3.8, 4) is 5.75 Å². The predicted molar refractivity (Wildman–Crippen MR) is 121 cm³/mol. The van der Waals surface area contributed by atoms with Gasteiger partial charge < -0.3 is 24.8 Å². The van der Waals surface area contributed by atoms with E-state index in [1.54, 1.807) is 0 Å². The molecule has 170 valence electrons. The van der Waals surface area contributed by atoms with Crippen LogP contribution in [0.3, 0.4) is 0 Å². The van der Waals surface area contributed by atoms with Crippen molar-refractivity contribution in [2.24, 2.45) is 0 Å². The first-order chi connectivity index (χ1) is 15.9. The number of rotatable bonds is 7. The van der Waals surface area contributed by atoms with Gasteiger partial charge in [0.25, 0.3) is 5.91 Å². The second-order valence-electron chi connectivity index (χ2n) is 7.98. The highest BCUT2D eigenvalue weighted by Gasteiger charge is 2.39. The first-order valence-corrected chi connectivity index (χ1v) is 10.7. The predicted octanol–water partition coefficient (Wildman–Crippen LogP) is 2.46. The number of aliphatic hydroxyl groups is 1. The van der Waals surface area contributed by atoms with Crippen molar-refractivity contribution < 1.29 is 24.9 Å². The van der Waals surface area contributed by atoms with Crippen molar-refractivity contribution in [2.75, 3.05) is 19.7 Å². The molecule has 4 rings (SSSR count). The number of benzene rings is 2. The molecule has 1 amide bonds. The van der Waals surface area contributed by atoms with Crippen LogP contribution in [0.15, 0.2) is 71.7 Å². The van der Waals surface area contributed by atoms with E-state index < -0.39 is 34.7 Å². The van der Waals surface area contributed by atoms with Gasteiger partial charge in [-0.2, -0.15) is 0 Å². The third-order valence-corrected chi connectivity index (χ3v) is 5.98. The largest absolute Gasteiger partial charge is 0.503 e. The topological polar surface area (TPSA) is 120 Å². The number of aromatic nitrogens is 1. The van der Waals surface area contributed by atoms with E-state index in [1.807, 2.05) is 60.7 Å². The monoisotopic (exact) mass is 448 g/mol. The Bertz CT molecular complexity index is 1180. The minimum atomic E-state index is -1.48. The van der Waals surface area contributed by atoms with Crippen molar-refractivity contribution in [3.05, 3.63) is 99.5 Å². The highest BCUT2D eigenvalue weighted by atomic mass is 16.4. The van der Waals surface area contributed by atoms with Crippen molar-refractivity contribution in [1.29, 1.82) is 0 Å². The summed E-state index contributed by atoms with van der Waals surface area (Å²) in [5.74, 6) is -3.24. The molecule has 0 fully saturated rings. The molecule has 3 aromatic rings. The fraction of sp³-hybridized carbons (Fsp3) is 0.240. The first-order valence-electron chi connectivity index (χ1n) is 10.7. The molecule has 2 heterocycles. The van der Waals surface area contributed by atoms with E-state index in [-0.39, 0.29) is 31.3 Å². The van der Waals surface area contributed by atoms with Crippen LogP contribution >= 0.6 is 0 Å². The normalized spacial score (nSPS) is 15.5. The van der Waals surface area contributed by atoms with Crippen LogP contribution in [0.5, 0.6) is 5.75 Å². The van der Waals surface area contributed by atoms with E-state index in [1.165, 1.54) is 9.47 Å². The van der Waals surface area contributed by atoms with E-state index in [2.05, 4.69) is 0 Å². The number of aromatic carboxylic acids is 1. The van der Waals surface area contributed by atoms with E-state index in [0.29, 0.717) is 6.42 Å². The van der Waals surface area contributed by atoms with Crippen molar-refractivity contribution in [3.63, 3.8) is 0 Å². The number of aliphatic hydroxyl groups excluding tert-OH is 1. The van der Waals surface area contributed by atoms with Gasteiger partial charge in [0.05, 0.1) is 6.04 Å². The highest BCUT2D eigenvalue weighted by Crippen LogP contribution is 2.40. The lowest BCUT2D eigenvalue weighted by atomic mass is 9.83. The number of carbonyl (C=O) groups is 2. The molecule has 0 saturated carbocycles. The number of nitrogens with zero attached hydrogens (tertiary/aromatic N) is 2. The smallest absolute Gasteiger partial charge is 0.341 e. The molecule has 0 unspecified atom stereocenters. The van der Waals surface area contributed by atoms with Gasteiger partial charge in [-0.05, 0) is 17.5 Å². The van der Waals surface area contributed by atoms with Crippen LogP contribution in [0.25, 0.3) is 0 Å². The van der Waals surface area contributed by atoms with E-state index >= 15 is 0 Å². The molecular formula is C25H24N2O6. The fourth-order valence-corrected chi connectivity index (χ4v) is 4.47. The minimum absolute atomic E-state index is 0.119. The molecule has 8 heteroatoms. The molecule has 3 N–H and O–H groups in total. The van der Waals surface area contributed by atoms with Gasteiger partial charge in [-0.1, -0.05) is 60.7 Å². The van der Waals surface area contributed by atoms with Gasteiger partial charge in [0, 0.05) is 31.8 Å². The Morgan fingerprint density at radius 1 is 1.00 bits per heavy atom. The van der Waals surface area contributed by atoms with Crippen LogP contribution in [-0.2, 0) is 0 Å². The van der Waals surface area contributed by atoms with Gasteiger partial charge in [0.15, 0.2) is 11.4 Å². The number of carbonyl (C=O) groups excluding carboxylic acids is 1. The molecule has 2 aromatic carbocycles. The Balaban J connectivity index is 1.97. The molecule has 0 saturated heterocycles. The van der Waals surface area contributed by atoms with E-state index in [0.717, 1.165) is 17.3 Å². The Morgan fingerprint density at radius 2 is 1.58 bits per heavy atom. The molecule has 0 aliphatic carbocycles. The lowest BCUT2D eigenvalue weighted by molar-refractivity contribution is 0.0626. The number of aromatic hydroxyl groups is 1. The summed E-state index contributed by atoms with van der Waals surface area (Å²) in [4.78, 5) is 38.9. The van der Waals surface area contributed by atoms with Gasteiger partial charge in [0.2, 0.25) is 5.43 Å². The number of fused-ring (bicyclic) bond motifs is 1. The molecule has 1 aliphatic rings. The molecule has 1 aliphatic heterocycles. The first kappa shape index (κ1) is 22.3. The average molecular weight is 448 g/mol. The molecule has 0 radical (unpaired) electrons. The second-order valence-corrected chi connectivity index (χ2v) is 7.98. The summed E-state index contributed by atoms with van der Waals surface area (Å²) in [5, 5.41) is 29.5. The van der Waals surface area contributed by atoms with Gasteiger partial charge in [0.1, 0.15) is 5.56 Å². The van der Waals surface area contributed by atoms with Crippen molar-refractivity contribution in [2.45, 2.75) is 18.4 Å². The number of hydrogen-bond acceptors (Lipinski definition) is 5. The number of carboxylic acid groups (broad SMARTS) is 1. The maximum Gasteiger partial charge on any atom is 0.341 e. The molecule has 0 spiro atoms. The zero-order chi connectivity index (χ0) is 23.5. The SMILES string of the molecule is O=C(O)c1cn2c(c(O)c1=O)C(=O)N(CCCO)C[C@@H]2C(c1ccccc1)c1ccccc1. The van der Waals surface area contributed by atoms with Crippen LogP contribution in [0, 0.1) is 0 Å². The molecule has 1 atom stereocenters. The summed E-state index contributed by atoms with van der Waals surface area (Å²) in [6.07, 6.45) is 1.49. The van der Waals surface area contributed by atoms with Crippen LogP contribution < -0.4 is 5.43 Å². The summed E-state index contributed by atoms with van der Waals surface area (Å²) < 4.78 is 1.43. The molecular weight excluding hydrogens is 424 g/mol. The molecule has 0 bridgehead atoms. The summed E-state index contributed by atoms with van der Waals surface area (Å²) >= 11 is 0. The number of pyridine rings is 1. The van der Waals surface area contributed by atoms with E-state index in [9.17, 15) is 29.7 Å². The Kier molecular flexibility index (Phi) is 6.28. The van der Waals surface area contributed by atoms with Crippen molar-refractivity contribution >= 4 is 11.9 Å². The second kappa shape index (κ2) is 9.30. The Morgan fingerprint density at radius 3 is 2.09 bits per heavy atom. The maximum absolute atomic E-state index is 13.2. The van der Waals surface area contributed by atoms with Gasteiger partial charge in [-0.25, -0.2) is 4.79 Å². The number of amides is 1. The lowest BCUT2D eigenvalue weighted by Crippen LogP contribution is -2.47.